The second-order valence-corrected chi connectivity index (χ2v) is 8.78. The van der Waals surface area contributed by atoms with E-state index < -0.39 is 5.97 Å². The van der Waals surface area contributed by atoms with Crippen LogP contribution < -0.4 is 10.1 Å². The van der Waals surface area contributed by atoms with Gasteiger partial charge in [0, 0.05) is 24.4 Å². The lowest BCUT2D eigenvalue weighted by atomic mass is 10.0. The van der Waals surface area contributed by atoms with Gasteiger partial charge in [-0.05, 0) is 37.2 Å². The predicted molar refractivity (Wildman–Crippen MR) is 137 cm³/mol. The summed E-state index contributed by atoms with van der Waals surface area (Å²) in [5.41, 5.74) is 2.97. The van der Waals surface area contributed by atoms with Crippen molar-refractivity contribution >= 4 is 38.3 Å². The van der Waals surface area contributed by atoms with E-state index in [4.69, 9.17) is 9.47 Å². The second-order valence-electron chi connectivity index (χ2n) is 7.76. The molecule has 2 aromatic carbocycles. The molecule has 0 bridgehead atoms. The van der Waals surface area contributed by atoms with Gasteiger partial charge in [0.15, 0.2) is 0 Å². The van der Waals surface area contributed by atoms with Crippen molar-refractivity contribution in [2.45, 2.75) is 34.3 Å². The van der Waals surface area contributed by atoms with Gasteiger partial charge in [0.1, 0.15) is 22.9 Å². The average Bonchev–Trinajstić information content (AvgIpc) is 3.19. The van der Waals surface area contributed by atoms with Gasteiger partial charge in [-0.3, -0.25) is 4.79 Å². The smallest absolute Gasteiger partial charge is 0.341 e. The van der Waals surface area contributed by atoms with Crippen LogP contribution in [-0.2, 0) is 16.1 Å². The maximum absolute atomic E-state index is 12.8. The first-order chi connectivity index (χ1) is 16.4. The maximum atomic E-state index is 12.8. The summed E-state index contributed by atoms with van der Waals surface area (Å²) in [6.45, 7) is 10.7. The van der Waals surface area contributed by atoms with Crippen molar-refractivity contribution in [1.29, 1.82) is 0 Å². The Labute approximate surface area is 204 Å². The van der Waals surface area contributed by atoms with E-state index in [1.54, 1.807) is 6.92 Å². The number of thiophene rings is 1. The summed E-state index contributed by atoms with van der Waals surface area (Å²) < 4.78 is 12.4. The van der Waals surface area contributed by atoms with Crippen LogP contribution in [0.25, 0.3) is 21.2 Å². The molecule has 3 aromatic rings. The Morgan fingerprint density at radius 1 is 1.06 bits per heavy atom. The number of anilines is 1. The molecule has 1 aromatic heterocycles. The zero-order chi connectivity index (χ0) is 24.7. The van der Waals surface area contributed by atoms with Crippen LogP contribution in [0.15, 0.2) is 36.4 Å². The van der Waals surface area contributed by atoms with Crippen molar-refractivity contribution < 1.29 is 24.2 Å². The third kappa shape index (κ3) is 5.75. The van der Waals surface area contributed by atoms with Crippen LogP contribution in [0, 0.1) is 0 Å². The van der Waals surface area contributed by atoms with Crippen LogP contribution in [0.2, 0.25) is 0 Å². The molecular formula is C26H32N2O5S. The molecule has 182 valence electrons. The standard InChI is InChI=1S/C26H32N2O5S/c1-5-28(6-2)14-15-33-23-20(19-10-8-18(16-29)9-11-19)12-13-21-22(26(31)32-7-3)25(27-17(4)30)34-24(21)23/h8-13,29H,5-7,14-16H2,1-4H3,(H,27,30). The molecule has 7 nitrogen and oxygen atoms in total. The molecule has 0 aliphatic heterocycles. The van der Waals surface area contributed by atoms with E-state index in [2.05, 4.69) is 24.1 Å². The average molecular weight is 485 g/mol. The molecule has 34 heavy (non-hydrogen) atoms. The van der Waals surface area contributed by atoms with Crippen LogP contribution >= 0.6 is 11.3 Å². The van der Waals surface area contributed by atoms with Gasteiger partial charge in [-0.2, -0.15) is 0 Å². The molecule has 0 radical (unpaired) electrons. The van der Waals surface area contributed by atoms with Crippen molar-refractivity contribution in [1.82, 2.24) is 4.90 Å². The maximum Gasteiger partial charge on any atom is 0.341 e. The van der Waals surface area contributed by atoms with E-state index in [1.807, 2.05) is 36.4 Å². The molecule has 1 amide bonds. The Morgan fingerprint density at radius 2 is 1.76 bits per heavy atom. The number of carbonyl (C=O) groups is 2. The molecule has 0 fully saturated rings. The number of rotatable bonds is 11. The van der Waals surface area contributed by atoms with Crippen molar-refractivity contribution in [3.05, 3.63) is 47.5 Å². The number of aliphatic hydroxyl groups excluding tert-OH is 1. The molecule has 2 N–H and O–H groups in total. The summed E-state index contributed by atoms with van der Waals surface area (Å²) in [7, 11) is 0. The number of benzene rings is 2. The second kappa shape index (κ2) is 12.0. The SMILES string of the molecule is CCOC(=O)c1c(NC(C)=O)sc2c(OCCN(CC)CC)c(-c3ccc(CO)cc3)ccc12. The van der Waals surface area contributed by atoms with Crippen LogP contribution in [0.1, 0.15) is 43.6 Å². The number of nitrogens with one attached hydrogen (secondary N) is 1. The molecule has 0 aliphatic carbocycles. The first kappa shape index (κ1) is 25.7. The van der Waals surface area contributed by atoms with Gasteiger partial charge in [0.05, 0.1) is 17.9 Å². The van der Waals surface area contributed by atoms with E-state index in [0.717, 1.165) is 41.0 Å². The highest BCUT2D eigenvalue weighted by atomic mass is 32.1. The van der Waals surface area contributed by atoms with Gasteiger partial charge in [-0.15, -0.1) is 11.3 Å². The first-order valence-corrected chi connectivity index (χ1v) is 12.3. The number of esters is 1. The molecule has 0 spiro atoms. The van der Waals surface area contributed by atoms with Crippen molar-refractivity contribution in [2.75, 3.05) is 38.2 Å². The molecule has 3 rings (SSSR count). The van der Waals surface area contributed by atoms with E-state index in [-0.39, 0.29) is 19.1 Å². The summed E-state index contributed by atoms with van der Waals surface area (Å²) in [6, 6.07) is 11.4. The molecule has 0 saturated carbocycles. The van der Waals surface area contributed by atoms with Gasteiger partial charge in [-0.25, -0.2) is 4.79 Å². The van der Waals surface area contributed by atoms with Gasteiger partial charge < -0.3 is 24.8 Å². The minimum absolute atomic E-state index is 0.0273. The first-order valence-electron chi connectivity index (χ1n) is 11.5. The number of likely N-dealkylation sites (N-methyl/N-ethyl adjacent to an activating group) is 1. The molecule has 0 aliphatic rings. The fraction of sp³-hybridized carbons (Fsp3) is 0.385. The minimum Gasteiger partial charge on any atom is -0.490 e. The quantitative estimate of drug-likeness (QED) is 0.376. The molecule has 1 heterocycles. The van der Waals surface area contributed by atoms with Crippen molar-refractivity contribution in [2.24, 2.45) is 0 Å². The molecule has 0 unspecified atom stereocenters. The number of fused-ring (bicyclic) bond motifs is 1. The summed E-state index contributed by atoms with van der Waals surface area (Å²) >= 11 is 1.31. The van der Waals surface area contributed by atoms with Gasteiger partial charge in [0.25, 0.3) is 0 Å². The Hall–Kier alpha value is -2.94. The summed E-state index contributed by atoms with van der Waals surface area (Å²) in [5, 5.41) is 13.3. The van der Waals surface area contributed by atoms with Crippen molar-refractivity contribution in [3.8, 4) is 16.9 Å². The normalized spacial score (nSPS) is 11.1. The number of amides is 1. The highest BCUT2D eigenvalue weighted by molar-refractivity contribution is 7.24. The number of carbonyl (C=O) groups excluding carboxylic acids is 2. The highest BCUT2D eigenvalue weighted by Crippen LogP contribution is 2.46. The summed E-state index contributed by atoms with van der Waals surface area (Å²) in [4.78, 5) is 26.9. The number of ether oxygens (including phenoxy) is 2. The zero-order valence-corrected chi connectivity index (χ0v) is 21.0. The molecular weight excluding hydrogens is 452 g/mol. The Balaban J connectivity index is 2.16. The van der Waals surface area contributed by atoms with Crippen molar-refractivity contribution in [3.63, 3.8) is 0 Å². The van der Waals surface area contributed by atoms with Crippen LogP contribution in [0.4, 0.5) is 5.00 Å². The molecule has 0 saturated heterocycles. The van der Waals surface area contributed by atoms with Crippen LogP contribution in [-0.4, -0.2) is 54.7 Å². The fourth-order valence-corrected chi connectivity index (χ4v) is 5.00. The van der Waals surface area contributed by atoms with E-state index in [0.29, 0.717) is 28.3 Å². The number of aliphatic hydroxyl groups is 1. The largest absolute Gasteiger partial charge is 0.490 e. The van der Waals surface area contributed by atoms with Crippen LogP contribution in [0.5, 0.6) is 5.75 Å². The van der Waals surface area contributed by atoms with E-state index in [1.165, 1.54) is 18.3 Å². The van der Waals surface area contributed by atoms with Gasteiger partial charge in [0.2, 0.25) is 5.91 Å². The number of hydrogen-bond acceptors (Lipinski definition) is 7. The highest BCUT2D eigenvalue weighted by Gasteiger charge is 2.25. The molecule has 0 atom stereocenters. The lowest BCUT2D eigenvalue weighted by Gasteiger charge is -2.19. The lowest BCUT2D eigenvalue weighted by molar-refractivity contribution is -0.114. The third-order valence-corrected chi connectivity index (χ3v) is 6.70. The fourth-order valence-electron chi connectivity index (χ4n) is 3.77. The predicted octanol–water partition coefficient (Wildman–Crippen LogP) is 4.92. The third-order valence-electron chi connectivity index (χ3n) is 5.58. The molecule has 8 heteroatoms. The van der Waals surface area contributed by atoms with Gasteiger partial charge >= 0.3 is 5.97 Å². The van der Waals surface area contributed by atoms with E-state index in [9.17, 15) is 14.7 Å². The summed E-state index contributed by atoms with van der Waals surface area (Å²) in [5.74, 6) is -0.0823. The Morgan fingerprint density at radius 3 is 2.35 bits per heavy atom. The number of nitrogens with zero attached hydrogens (tertiary/aromatic N) is 1. The van der Waals surface area contributed by atoms with Gasteiger partial charge in [-0.1, -0.05) is 44.2 Å². The van der Waals surface area contributed by atoms with Crippen LogP contribution in [0.3, 0.4) is 0 Å². The summed E-state index contributed by atoms with van der Waals surface area (Å²) in [6.07, 6.45) is 0. The zero-order valence-electron chi connectivity index (χ0n) is 20.1. The Bertz CT molecular complexity index is 1140. The minimum atomic E-state index is -0.480. The topological polar surface area (TPSA) is 88.1 Å². The van der Waals surface area contributed by atoms with E-state index >= 15 is 0 Å². The monoisotopic (exact) mass is 484 g/mol. The number of hydrogen-bond donors (Lipinski definition) is 2. The Kier molecular flexibility index (Phi) is 9.04. The lowest BCUT2D eigenvalue weighted by Crippen LogP contribution is -2.28.